The van der Waals surface area contributed by atoms with Crippen molar-refractivity contribution < 1.29 is 14.0 Å². The van der Waals surface area contributed by atoms with Gasteiger partial charge in [0.15, 0.2) is 5.13 Å². The number of fused-ring (bicyclic) bond motifs is 1. The predicted molar refractivity (Wildman–Crippen MR) is 113 cm³/mol. The van der Waals surface area contributed by atoms with Crippen molar-refractivity contribution in [1.82, 2.24) is 9.97 Å². The van der Waals surface area contributed by atoms with Crippen molar-refractivity contribution in [1.29, 1.82) is 0 Å². The maximum absolute atomic E-state index is 14.4. The van der Waals surface area contributed by atoms with Gasteiger partial charge in [0.2, 0.25) is 5.91 Å². The van der Waals surface area contributed by atoms with Gasteiger partial charge in [0.25, 0.3) is 5.91 Å². The van der Waals surface area contributed by atoms with Gasteiger partial charge >= 0.3 is 0 Å². The van der Waals surface area contributed by atoms with E-state index in [1.807, 2.05) is 6.07 Å². The number of nitrogens with one attached hydrogen (secondary N) is 3. The summed E-state index contributed by atoms with van der Waals surface area (Å²) in [5.41, 5.74) is 2.15. The summed E-state index contributed by atoms with van der Waals surface area (Å²) in [7, 11) is 0. The molecule has 146 valence electrons. The summed E-state index contributed by atoms with van der Waals surface area (Å²) in [6.07, 6.45) is 0. The number of nitrogens with zero attached hydrogens (tertiary/aromatic N) is 1. The Bertz CT molecular complexity index is 1250. The zero-order valence-corrected chi connectivity index (χ0v) is 16.6. The van der Waals surface area contributed by atoms with Crippen LogP contribution in [0.15, 0.2) is 47.8 Å². The molecular formula is C20H14ClFN4O2S. The van der Waals surface area contributed by atoms with Gasteiger partial charge in [0.05, 0.1) is 5.69 Å². The minimum Gasteiger partial charge on any atom is -0.350 e. The van der Waals surface area contributed by atoms with E-state index in [-0.39, 0.29) is 17.4 Å². The van der Waals surface area contributed by atoms with Gasteiger partial charge in [-0.2, -0.15) is 0 Å². The van der Waals surface area contributed by atoms with E-state index in [9.17, 15) is 14.0 Å². The van der Waals surface area contributed by atoms with Crippen molar-refractivity contribution in [2.75, 3.05) is 10.6 Å². The highest BCUT2D eigenvalue weighted by atomic mass is 35.5. The maximum Gasteiger partial charge on any atom is 0.273 e. The summed E-state index contributed by atoms with van der Waals surface area (Å²) in [5, 5.41) is 8.65. The van der Waals surface area contributed by atoms with Crippen LogP contribution in [0.5, 0.6) is 0 Å². The molecule has 2 aromatic heterocycles. The molecule has 2 amide bonds. The molecular weight excluding hydrogens is 415 g/mol. The molecule has 9 heteroatoms. The molecule has 0 radical (unpaired) electrons. The van der Waals surface area contributed by atoms with E-state index in [2.05, 4.69) is 20.6 Å². The van der Waals surface area contributed by atoms with E-state index in [4.69, 9.17) is 11.6 Å². The molecule has 0 aliphatic heterocycles. The smallest absolute Gasteiger partial charge is 0.273 e. The lowest BCUT2D eigenvalue weighted by Gasteiger charge is -2.05. The van der Waals surface area contributed by atoms with Crippen LogP contribution >= 0.6 is 22.9 Å². The third-order valence-electron chi connectivity index (χ3n) is 4.12. The highest BCUT2D eigenvalue weighted by Gasteiger charge is 2.15. The molecule has 2 aromatic carbocycles. The van der Waals surface area contributed by atoms with E-state index >= 15 is 0 Å². The molecule has 29 heavy (non-hydrogen) atoms. The Hall–Kier alpha value is -3.23. The molecule has 0 atom stereocenters. The molecule has 4 rings (SSSR count). The Balaban J connectivity index is 1.52. The van der Waals surface area contributed by atoms with Gasteiger partial charge in [-0.25, -0.2) is 9.37 Å². The Morgan fingerprint density at radius 2 is 1.97 bits per heavy atom. The molecule has 0 saturated carbocycles. The zero-order chi connectivity index (χ0) is 20.5. The number of aromatic amines is 1. The number of hydrogen-bond acceptors (Lipinski definition) is 4. The summed E-state index contributed by atoms with van der Waals surface area (Å²) in [6, 6.07) is 11.4. The van der Waals surface area contributed by atoms with Gasteiger partial charge in [-0.1, -0.05) is 17.7 Å². The first-order valence-electron chi connectivity index (χ1n) is 8.52. The first-order chi connectivity index (χ1) is 13.9. The first-order valence-corrected chi connectivity index (χ1v) is 9.77. The molecule has 0 unspecified atom stereocenters. The zero-order valence-electron chi connectivity index (χ0n) is 15.0. The van der Waals surface area contributed by atoms with Crippen LogP contribution in [0.2, 0.25) is 5.02 Å². The second-order valence-corrected chi connectivity index (χ2v) is 7.58. The summed E-state index contributed by atoms with van der Waals surface area (Å²) in [6.45, 7) is 1.35. The fraction of sp³-hybridized carbons (Fsp3) is 0.0500. The number of rotatable bonds is 4. The van der Waals surface area contributed by atoms with Gasteiger partial charge in [-0.15, -0.1) is 11.3 Å². The quantitative estimate of drug-likeness (QED) is 0.412. The number of aromatic nitrogens is 2. The van der Waals surface area contributed by atoms with Crippen LogP contribution in [0.3, 0.4) is 0 Å². The van der Waals surface area contributed by atoms with Crippen LogP contribution in [-0.2, 0) is 4.79 Å². The number of carbonyl (C=O) groups is 2. The predicted octanol–water partition coefficient (Wildman–Crippen LogP) is 5.29. The van der Waals surface area contributed by atoms with Crippen molar-refractivity contribution in [2.24, 2.45) is 0 Å². The van der Waals surface area contributed by atoms with E-state index in [0.29, 0.717) is 27.2 Å². The average Bonchev–Trinajstić information content (AvgIpc) is 3.27. The van der Waals surface area contributed by atoms with Gasteiger partial charge in [0.1, 0.15) is 11.5 Å². The summed E-state index contributed by atoms with van der Waals surface area (Å²) >= 11 is 7.15. The fourth-order valence-electron chi connectivity index (χ4n) is 2.84. The number of thiazole rings is 1. The van der Waals surface area contributed by atoms with Gasteiger partial charge < -0.3 is 10.3 Å². The Kier molecular flexibility index (Phi) is 5.04. The van der Waals surface area contributed by atoms with E-state index in [1.54, 1.807) is 29.6 Å². The van der Waals surface area contributed by atoms with Crippen molar-refractivity contribution >= 4 is 56.5 Å². The highest BCUT2D eigenvalue weighted by Crippen LogP contribution is 2.29. The number of hydrogen-bond donors (Lipinski definition) is 3. The molecule has 6 nitrogen and oxygen atoms in total. The van der Waals surface area contributed by atoms with E-state index in [0.717, 1.165) is 10.9 Å². The minimum atomic E-state index is -0.521. The first kappa shape index (κ1) is 19.1. The molecule has 0 saturated heterocycles. The topological polar surface area (TPSA) is 86.9 Å². The number of halogens is 2. The van der Waals surface area contributed by atoms with Crippen LogP contribution in [0, 0.1) is 5.82 Å². The molecule has 2 heterocycles. The lowest BCUT2D eigenvalue weighted by molar-refractivity contribution is -0.114. The average molecular weight is 429 g/mol. The Morgan fingerprint density at radius 1 is 1.14 bits per heavy atom. The minimum absolute atomic E-state index is 0.274. The monoisotopic (exact) mass is 428 g/mol. The number of carbonyl (C=O) groups excluding carboxylic acids is 2. The summed E-state index contributed by atoms with van der Waals surface area (Å²) < 4.78 is 14.4. The van der Waals surface area contributed by atoms with E-state index < -0.39 is 5.82 Å². The number of anilines is 2. The van der Waals surface area contributed by atoms with Crippen molar-refractivity contribution in [3.63, 3.8) is 0 Å². The van der Waals surface area contributed by atoms with Crippen LogP contribution in [0.25, 0.3) is 22.2 Å². The van der Waals surface area contributed by atoms with Gasteiger partial charge in [-0.3, -0.25) is 14.9 Å². The molecule has 0 aliphatic rings. The van der Waals surface area contributed by atoms with Crippen molar-refractivity contribution in [3.8, 4) is 11.3 Å². The van der Waals surface area contributed by atoms with Gasteiger partial charge in [-0.05, 0) is 36.4 Å². The lowest BCUT2D eigenvalue weighted by atomic mass is 10.1. The number of benzene rings is 2. The van der Waals surface area contributed by atoms with Crippen molar-refractivity contribution in [2.45, 2.75) is 6.92 Å². The lowest BCUT2D eigenvalue weighted by Crippen LogP contribution is -2.11. The third-order valence-corrected chi connectivity index (χ3v) is 5.11. The largest absolute Gasteiger partial charge is 0.350 e. The maximum atomic E-state index is 14.4. The molecule has 0 fully saturated rings. The van der Waals surface area contributed by atoms with Gasteiger partial charge in [0, 0.05) is 39.5 Å². The SMILES string of the molecule is CC(=O)Nc1ccc(-c2csc(NC(=O)c3cc4ccc(Cl)cc4[nH]3)n2)c(F)c1. The summed E-state index contributed by atoms with van der Waals surface area (Å²) in [5.74, 6) is -1.17. The number of H-pyrrole nitrogens is 1. The van der Waals surface area contributed by atoms with Crippen molar-refractivity contribution in [3.05, 3.63) is 64.4 Å². The normalized spacial score (nSPS) is 10.9. The molecule has 0 aliphatic carbocycles. The van der Waals surface area contributed by atoms with Crippen LogP contribution < -0.4 is 10.6 Å². The Labute approximate surface area is 173 Å². The molecule has 4 aromatic rings. The molecule has 3 N–H and O–H groups in total. The van der Waals surface area contributed by atoms with Crippen LogP contribution in [0.1, 0.15) is 17.4 Å². The second kappa shape index (κ2) is 7.65. The van der Waals surface area contributed by atoms with Crippen LogP contribution in [-0.4, -0.2) is 21.8 Å². The standard InChI is InChI=1S/C20H14ClFN4O2S/c1-10(27)23-13-4-5-14(15(22)8-13)18-9-29-20(25-18)26-19(28)17-6-11-2-3-12(21)7-16(11)24-17/h2-9,24H,1H3,(H,23,27)(H,25,26,28). The third kappa shape index (κ3) is 4.13. The summed E-state index contributed by atoms with van der Waals surface area (Å²) in [4.78, 5) is 30.9. The molecule has 0 bridgehead atoms. The van der Waals surface area contributed by atoms with Crippen LogP contribution in [0.4, 0.5) is 15.2 Å². The van der Waals surface area contributed by atoms with E-state index in [1.165, 1.54) is 30.4 Å². The fourth-order valence-corrected chi connectivity index (χ4v) is 3.72. The Morgan fingerprint density at radius 3 is 2.72 bits per heavy atom. The number of amides is 2. The second-order valence-electron chi connectivity index (χ2n) is 6.28. The highest BCUT2D eigenvalue weighted by molar-refractivity contribution is 7.14. The molecule has 0 spiro atoms.